The van der Waals surface area contributed by atoms with E-state index in [1.807, 2.05) is 24.3 Å². The molecule has 2 aliphatic rings. The highest BCUT2D eigenvalue weighted by Crippen LogP contribution is 2.51. The smallest absolute Gasteiger partial charge is 0.339 e. The molecule has 0 aromatic heterocycles. The Morgan fingerprint density at radius 3 is 2.38 bits per heavy atom. The van der Waals surface area contributed by atoms with Gasteiger partial charge >= 0.3 is 5.97 Å². The van der Waals surface area contributed by atoms with Crippen molar-refractivity contribution in [1.29, 1.82) is 0 Å². The van der Waals surface area contributed by atoms with Crippen LogP contribution in [0.3, 0.4) is 0 Å². The van der Waals surface area contributed by atoms with Crippen LogP contribution in [0.15, 0.2) is 65.6 Å². The zero-order chi connectivity index (χ0) is 26.4. The summed E-state index contributed by atoms with van der Waals surface area (Å²) >= 11 is 0. The van der Waals surface area contributed by atoms with E-state index in [0.717, 1.165) is 22.7 Å². The van der Waals surface area contributed by atoms with Gasteiger partial charge in [-0.1, -0.05) is 24.3 Å². The van der Waals surface area contributed by atoms with E-state index in [9.17, 15) is 18.0 Å². The van der Waals surface area contributed by atoms with Crippen LogP contribution >= 0.6 is 0 Å². The van der Waals surface area contributed by atoms with E-state index in [0.29, 0.717) is 28.3 Å². The highest BCUT2D eigenvalue weighted by atomic mass is 32.2. The average molecular weight is 523 g/mol. The summed E-state index contributed by atoms with van der Waals surface area (Å²) in [5.41, 5.74) is 2.07. The third kappa shape index (κ3) is 4.42. The number of ether oxygens (including phenoxy) is 3. The number of hydrogen-bond acceptors (Lipinski definition) is 7. The van der Waals surface area contributed by atoms with Gasteiger partial charge in [0.15, 0.2) is 11.5 Å². The van der Waals surface area contributed by atoms with Crippen LogP contribution in [0.5, 0.6) is 11.5 Å². The monoisotopic (exact) mass is 522 g/mol. The second-order valence-corrected chi connectivity index (χ2v) is 11.3. The number of rotatable bonds is 7. The van der Waals surface area contributed by atoms with Crippen LogP contribution in [0.4, 0.5) is 5.69 Å². The van der Waals surface area contributed by atoms with Crippen molar-refractivity contribution in [3.8, 4) is 22.6 Å². The second kappa shape index (κ2) is 9.20. The van der Waals surface area contributed by atoms with Gasteiger partial charge in [-0.05, 0) is 65.9 Å². The van der Waals surface area contributed by atoms with Crippen molar-refractivity contribution in [2.75, 3.05) is 33.3 Å². The molecule has 0 spiro atoms. The fourth-order valence-electron chi connectivity index (χ4n) is 4.39. The number of amides is 1. The summed E-state index contributed by atoms with van der Waals surface area (Å²) in [6.45, 7) is 0.171. The van der Waals surface area contributed by atoms with Gasteiger partial charge < -0.3 is 19.5 Å². The van der Waals surface area contributed by atoms with Crippen molar-refractivity contribution in [2.45, 2.75) is 23.2 Å². The SMILES string of the molecule is COC(=O)c1cc(-c2cccc(NC(=O)C3(c4ccc5c(c4)OCO5)CC3)c2)ccc1S(=O)(=O)N(C)C. The lowest BCUT2D eigenvalue weighted by atomic mass is 9.94. The molecule has 1 fully saturated rings. The van der Waals surface area contributed by atoms with Gasteiger partial charge in [-0.3, -0.25) is 4.79 Å². The molecular formula is C27H26N2O7S. The first kappa shape index (κ1) is 24.8. The maximum atomic E-state index is 13.3. The number of fused-ring (bicyclic) bond motifs is 1. The number of benzene rings is 3. The molecule has 9 nitrogen and oxygen atoms in total. The van der Waals surface area contributed by atoms with Gasteiger partial charge in [0.2, 0.25) is 22.7 Å². The predicted octanol–water partition coefficient (Wildman–Crippen LogP) is 3.79. The van der Waals surface area contributed by atoms with E-state index in [-0.39, 0.29) is 23.2 Å². The van der Waals surface area contributed by atoms with Gasteiger partial charge in [0, 0.05) is 19.8 Å². The molecule has 1 saturated carbocycles. The van der Waals surface area contributed by atoms with Crippen molar-refractivity contribution in [3.05, 3.63) is 71.8 Å². The minimum absolute atomic E-state index is 0.0668. The molecule has 0 radical (unpaired) electrons. The average Bonchev–Trinajstić information content (AvgIpc) is 3.58. The molecule has 1 N–H and O–H groups in total. The molecule has 3 aromatic rings. The quantitative estimate of drug-likeness (QED) is 0.470. The van der Waals surface area contributed by atoms with E-state index >= 15 is 0 Å². The fourth-order valence-corrected chi connectivity index (χ4v) is 5.45. The van der Waals surface area contributed by atoms with Crippen molar-refractivity contribution >= 4 is 27.6 Å². The summed E-state index contributed by atoms with van der Waals surface area (Å²) in [6.07, 6.45) is 1.45. The summed E-state index contributed by atoms with van der Waals surface area (Å²) < 4.78 is 42.2. The summed E-state index contributed by atoms with van der Waals surface area (Å²) in [7, 11) is 0.124. The van der Waals surface area contributed by atoms with Crippen LogP contribution in [-0.2, 0) is 25.0 Å². The number of hydrogen-bond donors (Lipinski definition) is 1. The number of carbonyl (C=O) groups is 2. The number of carbonyl (C=O) groups excluding carboxylic acids is 2. The number of sulfonamides is 1. The largest absolute Gasteiger partial charge is 0.465 e. The third-order valence-electron chi connectivity index (χ3n) is 6.71. The summed E-state index contributed by atoms with van der Waals surface area (Å²) in [5.74, 6) is 0.431. The Hall–Kier alpha value is -3.89. The number of anilines is 1. The molecule has 192 valence electrons. The molecule has 0 atom stereocenters. The molecule has 0 saturated heterocycles. The van der Waals surface area contributed by atoms with Gasteiger partial charge in [-0.2, -0.15) is 0 Å². The number of nitrogens with one attached hydrogen (secondary N) is 1. The first-order valence-electron chi connectivity index (χ1n) is 11.6. The Labute approximate surface area is 215 Å². The van der Waals surface area contributed by atoms with Crippen LogP contribution in [0.25, 0.3) is 11.1 Å². The van der Waals surface area contributed by atoms with E-state index in [4.69, 9.17) is 14.2 Å². The van der Waals surface area contributed by atoms with Gasteiger partial charge in [-0.15, -0.1) is 0 Å². The standard InChI is InChI=1S/C27H26N2O7S/c1-29(2)37(32,33)24-10-7-18(14-21(24)25(30)34-3)17-5-4-6-20(13-17)28-26(31)27(11-12-27)19-8-9-22-23(15-19)36-16-35-22/h4-10,13-15H,11-12,16H2,1-3H3,(H,28,31). The summed E-state index contributed by atoms with van der Waals surface area (Å²) in [4.78, 5) is 25.6. The van der Waals surface area contributed by atoms with Gasteiger partial charge in [-0.25, -0.2) is 17.5 Å². The first-order chi connectivity index (χ1) is 17.7. The lowest BCUT2D eigenvalue weighted by Gasteiger charge is -2.17. The van der Waals surface area contributed by atoms with E-state index in [2.05, 4.69) is 5.32 Å². The second-order valence-electron chi connectivity index (χ2n) is 9.18. The third-order valence-corrected chi connectivity index (χ3v) is 8.58. The van der Waals surface area contributed by atoms with E-state index in [1.54, 1.807) is 24.3 Å². The Kier molecular flexibility index (Phi) is 6.17. The molecule has 0 bridgehead atoms. The predicted molar refractivity (Wildman–Crippen MR) is 136 cm³/mol. The van der Waals surface area contributed by atoms with Crippen molar-refractivity contribution in [3.63, 3.8) is 0 Å². The summed E-state index contributed by atoms with van der Waals surface area (Å²) in [6, 6.07) is 17.2. The molecule has 37 heavy (non-hydrogen) atoms. The normalized spacial score (nSPS) is 15.4. The van der Waals surface area contributed by atoms with Crippen LogP contribution in [0.2, 0.25) is 0 Å². The van der Waals surface area contributed by atoms with Crippen LogP contribution in [-0.4, -0.2) is 52.6 Å². The van der Waals surface area contributed by atoms with Gasteiger partial charge in [0.05, 0.1) is 23.0 Å². The van der Waals surface area contributed by atoms with Crippen molar-refractivity contribution in [1.82, 2.24) is 4.31 Å². The molecular weight excluding hydrogens is 496 g/mol. The number of nitrogens with zero attached hydrogens (tertiary/aromatic N) is 1. The minimum atomic E-state index is -3.87. The fraction of sp³-hybridized carbons (Fsp3) is 0.259. The molecule has 5 rings (SSSR count). The Morgan fingerprint density at radius 1 is 0.946 bits per heavy atom. The number of esters is 1. The molecule has 1 aliphatic carbocycles. The van der Waals surface area contributed by atoms with E-state index in [1.165, 1.54) is 33.3 Å². The summed E-state index contributed by atoms with van der Waals surface area (Å²) in [5, 5.41) is 3.01. The van der Waals surface area contributed by atoms with Gasteiger partial charge in [0.25, 0.3) is 0 Å². The zero-order valence-corrected chi connectivity index (χ0v) is 21.4. The van der Waals surface area contributed by atoms with Crippen molar-refractivity contribution < 1.29 is 32.2 Å². The first-order valence-corrected chi connectivity index (χ1v) is 13.1. The maximum absolute atomic E-state index is 13.3. The highest BCUT2D eigenvalue weighted by Gasteiger charge is 2.51. The Balaban J connectivity index is 1.43. The Bertz CT molecular complexity index is 1510. The number of methoxy groups -OCH3 is 1. The zero-order valence-electron chi connectivity index (χ0n) is 20.6. The van der Waals surface area contributed by atoms with Crippen LogP contribution in [0.1, 0.15) is 28.8 Å². The lowest BCUT2D eigenvalue weighted by Crippen LogP contribution is -2.27. The van der Waals surface area contributed by atoms with Crippen LogP contribution < -0.4 is 14.8 Å². The molecule has 10 heteroatoms. The van der Waals surface area contributed by atoms with Crippen LogP contribution in [0, 0.1) is 0 Å². The molecule has 0 unspecified atom stereocenters. The minimum Gasteiger partial charge on any atom is -0.465 e. The molecule has 1 heterocycles. The van der Waals surface area contributed by atoms with E-state index < -0.39 is 21.4 Å². The lowest BCUT2D eigenvalue weighted by molar-refractivity contribution is -0.118. The molecule has 1 aliphatic heterocycles. The van der Waals surface area contributed by atoms with Crippen molar-refractivity contribution in [2.24, 2.45) is 0 Å². The maximum Gasteiger partial charge on any atom is 0.339 e. The molecule has 3 aromatic carbocycles. The highest BCUT2D eigenvalue weighted by molar-refractivity contribution is 7.89. The molecule has 1 amide bonds. The topological polar surface area (TPSA) is 111 Å². The van der Waals surface area contributed by atoms with Gasteiger partial charge in [0.1, 0.15) is 0 Å². The Morgan fingerprint density at radius 2 is 1.68 bits per heavy atom.